The van der Waals surface area contributed by atoms with E-state index in [4.69, 9.17) is 4.74 Å². The Hall–Kier alpha value is -1.88. The largest absolute Gasteiger partial charge is 0.462 e. The standard InChI is InChI=1S/C18H26N2O3/c1-3-11-23-18(22)15-6-8-16(9-7-15)19-17(21)13-20-10-4-5-14(2)12-20/h6-9,14H,3-5,10-13H2,1-2H3,(H,19,21). The van der Waals surface area contributed by atoms with E-state index in [1.54, 1.807) is 24.3 Å². The Morgan fingerprint density at radius 2 is 2.04 bits per heavy atom. The maximum absolute atomic E-state index is 12.1. The Kier molecular flexibility index (Phi) is 6.59. The number of hydrogen-bond acceptors (Lipinski definition) is 4. The molecule has 23 heavy (non-hydrogen) atoms. The number of carbonyl (C=O) groups excluding carboxylic acids is 2. The predicted molar refractivity (Wildman–Crippen MR) is 90.5 cm³/mol. The number of nitrogens with one attached hydrogen (secondary N) is 1. The molecule has 0 aliphatic carbocycles. The molecule has 1 fully saturated rings. The van der Waals surface area contributed by atoms with Gasteiger partial charge < -0.3 is 10.1 Å². The Bertz CT molecular complexity index is 528. The number of rotatable bonds is 6. The average molecular weight is 318 g/mol. The summed E-state index contributed by atoms with van der Waals surface area (Å²) in [5.41, 5.74) is 1.20. The molecule has 1 aliphatic heterocycles. The van der Waals surface area contributed by atoms with Crippen LogP contribution in [0.5, 0.6) is 0 Å². The number of nitrogens with zero attached hydrogens (tertiary/aromatic N) is 1. The van der Waals surface area contributed by atoms with Crippen molar-refractivity contribution in [2.24, 2.45) is 5.92 Å². The van der Waals surface area contributed by atoms with Gasteiger partial charge in [0.2, 0.25) is 5.91 Å². The van der Waals surface area contributed by atoms with Crippen molar-refractivity contribution in [1.82, 2.24) is 4.90 Å². The molecule has 1 atom stereocenters. The SMILES string of the molecule is CCCOC(=O)c1ccc(NC(=O)CN2CCCC(C)C2)cc1. The lowest BCUT2D eigenvalue weighted by molar-refractivity contribution is -0.117. The van der Waals surface area contributed by atoms with E-state index in [9.17, 15) is 9.59 Å². The number of carbonyl (C=O) groups is 2. The third-order valence-corrected chi connectivity index (χ3v) is 3.95. The van der Waals surface area contributed by atoms with Gasteiger partial charge in [-0.3, -0.25) is 9.69 Å². The Morgan fingerprint density at radius 3 is 2.70 bits per heavy atom. The molecule has 5 heteroatoms. The second-order valence-electron chi connectivity index (χ2n) is 6.24. The molecule has 126 valence electrons. The summed E-state index contributed by atoms with van der Waals surface area (Å²) in [6, 6.07) is 6.83. The van der Waals surface area contributed by atoms with E-state index in [0.717, 1.165) is 25.9 Å². The van der Waals surface area contributed by atoms with Gasteiger partial charge in [0, 0.05) is 12.2 Å². The summed E-state index contributed by atoms with van der Waals surface area (Å²) in [4.78, 5) is 26.0. The summed E-state index contributed by atoms with van der Waals surface area (Å²) in [5.74, 6) is 0.317. The first-order chi connectivity index (χ1) is 11.1. The van der Waals surface area contributed by atoms with Gasteiger partial charge in [-0.1, -0.05) is 13.8 Å². The van der Waals surface area contributed by atoms with Crippen molar-refractivity contribution in [2.75, 3.05) is 31.6 Å². The fourth-order valence-corrected chi connectivity index (χ4v) is 2.80. The average Bonchev–Trinajstić information content (AvgIpc) is 2.53. The molecule has 0 saturated carbocycles. The van der Waals surface area contributed by atoms with Crippen molar-refractivity contribution >= 4 is 17.6 Å². The van der Waals surface area contributed by atoms with E-state index in [-0.39, 0.29) is 11.9 Å². The molecule has 1 amide bonds. The number of amides is 1. The zero-order valence-corrected chi connectivity index (χ0v) is 14.0. The van der Waals surface area contributed by atoms with Crippen LogP contribution < -0.4 is 5.32 Å². The van der Waals surface area contributed by atoms with Gasteiger partial charge in [0.05, 0.1) is 18.7 Å². The highest BCUT2D eigenvalue weighted by Crippen LogP contribution is 2.15. The normalized spacial score (nSPS) is 18.4. The lowest BCUT2D eigenvalue weighted by Crippen LogP contribution is -2.39. The molecule has 1 aliphatic rings. The van der Waals surface area contributed by atoms with Crippen molar-refractivity contribution in [2.45, 2.75) is 33.1 Å². The molecule has 5 nitrogen and oxygen atoms in total. The minimum absolute atomic E-state index is 0.0135. The molecule has 1 saturated heterocycles. The van der Waals surface area contributed by atoms with E-state index in [1.165, 1.54) is 6.42 Å². The first-order valence-electron chi connectivity index (χ1n) is 8.38. The van der Waals surface area contributed by atoms with Gasteiger partial charge in [-0.05, 0) is 56.0 Å². The van der Waals surface area contributed by atoms with Crippen LogP contribution in [0, 0.1) is 5.92 Å². The fraction of sp³-hybridized carbons (Fsp3) is 0.556. The number of esters is 1. The van der Waals surface area contributed by atoms with E-state index in [0.29, 0.717) is 30.3 Å². The summed E-state index contributed by atoms with van der Waals surface area (Å²) in [6.45, 7) is 6.99. The molecule has 2 rings (SSSR count). The Labute approximate surface area is 138 Å². The first kappa shape index (κ1) is 17.5. The third-order valence-electron chi connectivity index (χ3n) is 3.95. The first-order valence-corrected chi connectivity index (χ1v) is 8.38. The van der Waals surface area contributed by atoms with Crippen LogP contribution >= 0.6 is 0 Å². The van der Waals surface area contributed by atoms with Gasteiger partial charge in [0.25, 0.3) is 0 Å². The van der Waals surface area contributed by atoms with E-state index < -0.39 is 0 Å². The van der Waals surface area contributed by atoms with E-state index in [2.05, 4.69) is 17.1 Å². The summed E-state index contributed by atoms with van der Waals surface area (Å²) in [5, 5.41) is 2.88. The van der Waals surface area contributed by atoms with Crippen LogP contribution in [-0.2, 0) is 9.53 Å². The van der Waals surface area contributed by atoms with Gasteiger partial charge in [-0.25, -0.2) is 4.79 Å². The van der Waals surface area contributed by atoms with Crippen molar-refractivity contribution in [3.63, 3.8) is 0 Å². The summed E-state index contributed by atoms with van der Waals surface area (Å²) in [6.07, 6.45) is 3.20. The lowest BCUT2D eigenvalue weighted by Gasteiger charge is -2.30. The second-order valence-corrected chi connectivity index (χ2v) is 6.24. The van der Waals surface area contributed by atoms with Crippen molar-refractivity contribution < 1.29 is 14.3 Å². The van der Waals surface area contributed by atoms with Crippen LogP contribution in [0.2, 0.25) is 0 Å². The van der Waals surface area contributed by atoms with Crippen LogP contribution in [0.15, 0.2) is 24.3 Å². The zero-order valence-electron chi connectivity index (χ0n) is 14.0. The molecule has 0 spiro atoms. The Balaban J connectivity index is 1.83. The number of hydrogen-bond donors (Lipinski definition) is 1. The predicted octanol–water partition coefficient (Wildman–Crippen LogP) is 2.92. The summed E-state index contributed by atoms with van der Waals surface area (Å²) in [7, 11) is 0. The van der Waals surface area contributed by atoms with Crippen molar-refractivity contribution in [3.05, 3.63) is 29.8 Å². The molecule has 0 bridgehead atoms. The fourth-order valence-electron chi connectivity index (χ4n) is 2.80. The molecule has 1 unspecified atom stereocenters. The van der Waals surface area contributed by atoms with Crippen LogP contribution in [0.1, 0.15) is 43.5 Å². The molecule has 1 aromatic rings. The maximum atomic E-state index is 12.1. The highest BCUT2D eigenvalue weighted by Gasteiger charge is 2.18. The van der Waals surface area contributed by atoms with Crippen LogP contribution in [0.3, 0.4) is 0 Å². The van der Waals surface area contributed by atoms with Crippen LogP contribution in [-0.4, -0.2) is 43.0 Å². The number of piperidine rings is 1. The number of ether oxygens (including phenoxy) is 1. The summed E-state index contributed by atoms with van der Waals surface area (Å²) < 4.78 is 5.08. The third kappa shape index (κ3) is 5.67. The van der Waals surface area contributed by atoms with Crippen molar-refractivity contribution in [3.8, 4) is 0 Å². The topological polar surface area (TPSA) is 58.6 Å². The number of anilines is 1. The zero-order chi connectivity index (χ0) is 16.7. The minimum Gasteiger partial charge on any atom is -0.462 e. The van der Waals surface area contributed by atoms with E-state index >= 15 is 0 Å². The van der Waals surface area contributed by atoms with Gasteiger partial charge in [-0.15, -0.1) is 0 Å². The molecule has 1 N–H and O–H groups in total. The molecular formula is C18H26N2O3. The van der Waals surface area contributed by atoms with Gasteiger partial charge in [0.1, 0.15) is 0 Å². The Morgan fingerprint density at radius 1 is 1.30 bits per heavy atom. The number of likely N-dealkylation sites (tertiary alicyclic amines) is 1. The van der Waals surface area contributed by atoms with E-state index in [1.807, 2.05) is 6.92 Å². The quantitative estimate of drug-likeness (QED) is 0.819. The second kappa shape index (κ2) is 8.67. The summed E-state index contributed by atoms with van der Waals surface area (Å²) >= 11 is 0. The molecule has 1 aromatic carbocycles. The lowest BCUT2D eigenvalue weighted by atomic mass is 10.0. The highest BCUT2D eigenvalue weighted by atomic mass is 16.5. The van der Waals surface area contributed by atoms with Gasteiger partial charge >= 0.3 is 5.97 Å². The van der Waals surface area contributed by atoms with Gasteiger partial charge in [-0.2, -0.15) is 0 Å². The molecular weight excluding hydrogens is 292 g/mol. The highest BCUT2D eigenvalue weighted by molar-refractivity contribution is 5.94. The van der Waals surface area contributed by atoms with Crippen LogP contribution in [0.25, 0.3) is 0 Å². The molecule has 0 aromatic heterocycles. The molecule has 0 radical (unpaired) electrons. The maximum Gasteiger partial charge on any atom is 0.338 e. The minimum atomic E-state index is -0.327. The monoisotopic (exact) mass is 318 g/mol. The van der Waals surface area contributed by atoms with Crippen LogP contribution in [0.4, 0.5) is 5.69 Å². The van der Waals surface area contributed by atoms with Gasteiger partial charge in [0.15, 0.2) is 0 Å². The smallest absolute Gasteiger partial charge is 0.338 e. The molecule has 1 heterocycles. The number of benzene rings is 1. The van der Waals surface area contributed by atoms with Crippen molar-refractivity contribution in [1.29, 1.82) is 0 Å².